The number of rotatable bonds is 5. The zero-order valence-electron chi connectivity index (χ0n) is 10.2. The third kappa shape index (κ3) is 2.90. The topological polar surface area (TPSA) is 54.4 Å². The molecule has 18 heavy (non-hydrogen) atoms. The third-order valence-corrected chi connectivity index (χ3v) is 8.01. The van der Waals surface area contributed by atoms with E-state index in [9.17, 15) is 13.5 Å². The van der Waals surface area contributed by atoms with Crippen LogP contribution >= 0.6 is 27.5 Å². The summed E-state index contributed by atoms with van der Waals surface area (Å²) in [6.07, 6.45) is -0.864. The second kappa shape index (κ2) is 5.90. The number of hydrogen-bond donors (Lipinski definition) is 1. The Morgan fingerprint density at radius 3 is 2.22 bits per heavy atom. The van der Waals surface area contributed by atoms with E-state index in [1.807, 2.05) is 0 Å². The molecule has 0 saturated carbocycles. The lowest BCUT2D eigenvalue weighted by atomic mass is 10.1. The second-order valence-corrected chi connectivity index (χ2v) is 8.91. The second-order valence-electron chi connectivity index (χ2n) is 4.00. The highest BCUT2D eigenvalue weighted by atomic mass is 79.9. The average molecular weight is 356 g/mol. The molecule has 0 aliphatic carbocycles. The fourth-order valence-corrected chi connectivity index (χ4v) is 4.19. The van der Waals surface area contributed by atoms with Crippen molar-refractivity contribution >= 4 is 37.4 Å². The molecule has 0 radical (unpaired) electrons. The lowest BCUT2D eigenvalue weighted by Crippen LogP contribution is -2.39. The predicted molar refractivity (Wildman–Crippen MR) is 77.8 cm³/mol. The maximum Gasteiger partial charge on any atom is 0.168 e. The van der Waals surface area contributed by atoms with E-state index in [0.717, 1.165) is 0 Å². The number of sulfone groups is 1. The molecule has 2 atom stereocenters. The molecule has 3 nitrogen and oxygen atoms in total. The van der Waals surface area contributed by atoms with Gasteiger partial charge in [0.15, 0.2) is 13.5 Å². The monoisotopic (exact) mass is 354 g/mol. The first-order chi connectivity index (χ1) is 8.28. The van der Waals surface area contributed by atoms with Gasteiger partial charge in [0.05, 0.1) is 0 Å². The number of alkyl halides is 1. The molecule has 1 aromatic rings. The maximum atomic E-state index is 12.1. The number of hydrogen-bond acceptors (Lipinski definition) is 3. The van der Waals surface area contributed by atoms with Crippen LogP contribution in [0, 0.1) is 0 Å². The van der Waals surface area contributed by atoms with Gasteiger partial charge in [-0.3, -0.25) is 0 Å². The van der Waals surface area contributed by atoms with E-state index in [1.165, 1.54) is 0 Å². The lowest BCUT2D eigenvalue weighted by molar-refractivity contribution is 0.160. The van der Waals surface area contributed by atoms with Crippen molar-refractivity contribution < 1.29 is 13.5 Å². The Kier molecular flexibility index (Phi) is 5.23. The van der Waals surface area contributed by atoms with E-state index >= 15 is 0 Å². The van der Waals surface area contributed by atoms with E-state index < -0.39 is 19.6 Å². The van der Waals surface area contributed by atoms with Crippen LogP contribution in [0.25, 0.3) is 0 Å². The maximum absolute atomic E-state index is 12.1. The quantitative estimate of drug-likeness (QED) is 0.824. The standard InChI is InChI=1S/C12H16BrClO3S/c1-3-12(13,18(16,17)4-2)11(15)9-5-7-10(14)8-6-9/h5-8,11,15H,3-4H2,1-2H3/t11-,12+/m0/s1. The molecule has 0 amide bonds. The Bertz CT molecular complexity index is 501. The molecule has 0 aliphatic rings. The largest absolute Gasteiger partial charge is 0.386 e. The number of aliphatic hydroxyl groups is 1. The molecule has 0 aromatic heterocycles. The molecular formula is C12H16BrClO3S. The summed E-state index contributed by atoms with van der Waals surface area (Å²) in [5, 5.41) is 10.9. The number of aliphatic hydroxyl groups excluding tert-OH is 1. The van der Waals surface area contributed by atoms with E-state index in [2.05, 4.69) is 15.9 Å². The van der Waals surface area contributed by atoms with Crippen LogP contribution in [0.3, 0.4) is 0 Å². The van der Waals surface area contributed by atoms with Crippen LogP contribution in [0.1, 0.15) is 31.9 Å². The van der Waals surface area contributed by atoms with Crippen LogP contribution in [0.5, 0.6) is 0 Å². The molecule has 1 aromatic carbocycles. The van der Waals surface area contributed by atoms with Crippen molar-refractivity contribution in [1.82, 2.24) is 0 Å². The molecule has 0 saturated heterocycles. The van der Waals surface area contributed by atoms with Gasteiger partial charge >= 0.3 is 0 Å². The molecular weight excluding hydrogens is 340 g/mol. The number of benzene rings is 1. The predicted octanol–water partition coefficient (Wildman–Crippen LogP) is 3.31. The van der Waals surface area contributed by atoms with Gasteiger partial charge in [-0.1, -0.05) is 53.5 Å². The van der Waals surface area contributed by atoms with E-state index in [-0.39, 0.29) is 12.2 Å². The molecule has 1 N–H and O–H groups in total. The van der Waals surface area contributed by atoms with E-state index in [0.29, 0.717) is 10.6 Å². The SMILES string of the molecule is CC[C@](Br)([C@@H](O)c1ccc(Cl)cc1)S(=O)(=O)CC. The zero-order valence-corrected chi connectivity index (χ0v) is 13.4. The molecule has 0 heterocycles. The normalized spacial score (nSPS) is 17.2. The van der Waals surface area contributed by atoms with Crippen LogP contribution in [-0.4, -0.2) is 22.9 Å². The van der Waals surface area contributed by atoms with Crippen molar-refractivity contribution in [3.05, 3.63) is 34.9 Å². The smallest absolute Gasteiger partial charge is 0.168 e. The van der Waals surface area contributed by atoms with E-state index in [4.69, 9.17) is 11.6 Å². The highest BCUT2D eigenvalue weighted by molar-refractivity contribution is 9.11. The summed E-state index contributed by atoms with van der Waals surface area (Å²) in [5.74, 6) is -0.0310. The van der Waals surface area contributed by atoms with Crippen molar-refractivity contribution in [3.8, 4) is 0 Å². The van der Waals surface area contributed by atoms with Gasteiger partial charge in [-0.2, -0.15) is 0 Å². The van der Waals surface area contributed by atoms with Gasteiger partial charge in [0, 0.05) is 10.8 Å². The lowest BCUT2D eigenvalue weighted by Gasteiger charge is -2.31. The third-order valence-electron chi connectivity index (χ3n) is 2.97. The minimum atomic E-state index is -3.43. The minimum Gasteiger partial charge on any atom is -0.386 e. The summed E-state index contributed by atoms with van der Waals surface area (Å²) in [7, 11) is -3.43. The molecule has 0 unspecified atom stereocenters. The fourth-order valence-electron chi connectivity index (χ4n) is 1.72. The van der Waals surface area contributed by atoms with Crippen molar-refractivity contribution in [3.63, 3.8) is 0 Å². The summed E-state index contributed by atoms with van der Waals surface area (Å²) in [6.45, 7) is 3.29. The molecule has 102 valence electrons. The Labute approximate surface area is 121 Å². The first kappa shape index (κ1) is 16.0. The van der Waals surface area contributed by atoms with Gasteiger partial charge < -0.3 is 5.11 Å². The van der Waals surface area contributed by atoms with Crippen molar-refractivity contribution in [2.24, 2.45) is 0 Å². The van der Waals surface area contributed by atoms with Crippen LogP contribution in [0.15, 0.2) is 24.3 Å². The van der Waals surface area contributed by atoms with Gasteiger partial charge in [-0.05, 0) is 24.1 Å². The molecule has 6 heteroatoms. The summed E-state index contributed by atoms with van der Waals surface area (Å²) >= 11 is 8.99. The summed E-state index contributed by atoms with van der Waals surface area (Å²) in [4.78, 5) is 0. The van der Waals surface area contributed by atoms with Gasteiger partial charge in [0.2, 0.25) is 0 Å². The summed E-state index contributed by atoms with van der Waals surface area (Å²) < 4.78 is 22.8. The van der Waals surface area contributed by atoms with Gasteiger partial charge in [-0.15, -0.1) is 0 Å². The van der Waals surface area contributed by atoms with Crippen molar-refractivity contribution in [1.29, 1.82) is 0 Å². The Morgan fingerprint density at radius 1 is 1.33 bits per heavy atom. The minimum absolute atomic E-state index is 0.0310. The van der Waals surface area contributed by atoms with Crippen molar-refractivity contribution in [2.45, 2.75) is 30.0 Å². The van der Waals surface area contributed by atoms with Crippen LogP contribution in [0.4, 0.5) is 0 Å². The Hall–Kier alpha value is -0.100. The first-order valence-corrected chi connectivity index (χ1v) is 8.45. The molecule has 0 fully saturated rings. The van der Waals surface area contributed by atoms with Crippen LogP contribution in [0.2, 0.25) is 5.02 Å². The van der Waals surface area contributed by atoms with Crippen LogP contribution in [-0.2, 0) is 9.84 Å². The summed E-state index contributed by atoms with van der Waals surface area (Å²) in [5.41, 5.74) is 0.523. The highest BCUT2D eigenvalue weighted by Gasteiger charge is 2.45. The first-order valence-electron chi connectivity index (χ1n) is 5.63. The molecule has 1 rings (SSSR count). The summed E-state index contributed by atoms with van der Waals surface area (Å²) in [6, 6.07) is 6.51. The van der Waals surface area contributed by atoms with Crippen molar-refractivity contribution in [2.75, 3.05) is 5.75 Å². The van der Waals surface area contributed by atoms with E-state index in [1.54, 1.807) is 38.1 Å². The molecule has 0 aliphatic heterocycles. The van der Waals surface area contributed by atoms with Gasteiger partial charge in [-0.25, -0.2) is 8.42 Å². The molecule has 0 spiro atoms. The Balaban J connectivity index is 3.21. The Morgan fingerprint density at radius 2 is 1.83 bits per heavy atom. The zero-order chi connectivity index (χ0) is 14.0. The average Bonchev–Trinajstić information content (AvgIpc) is 2.37. The van der Waals surface area contributed by atoms with Gasteiger partial charge in [0.1, 0.15) is 6.10 Å². The fraction of sp³-hybridized carbons (Fsp3) is 0.500. The molecule has 0 bridgehead atoms. The number of halogens is 2. The van der Waals surface area contributed by atoms with Gasteiger partial charge in [0.25, 0.3) is 0 Å². The van der Waals surface area contributed by atoms with Crippen LogP contribution < -0.4 is 0 Å². The highest BCUT2D eigenvalue weighted by Crippen LogP contribution is 2.42.